The summed E-state index contributed by atoms with van der Waals surface area (Å²) in [5.74, 6) is -0.288. The summed E-state index contributed by atoms with van der Waals surface area (Å²) < 4.78 is 5.79. The van der Waals surface area contributed by atoms with Crippen LogP contribution in [0.1, 0.15) is 267 Å². The molecule has 326 valence electrons. The van der Waals surface area contributed by atoms with Gasteiger partial charge in [-0.15, -0.1) is 0 Å². The normalized spacial score (nSPS) is 12.6. The van der Waals surface area contributed by atoms with Crippen molar-refractivity contribution in [3.05, 3.63) is 0 Å². The number of carbonyl (C=O) groups is 3. The summed E-state index contributed by atoms with van der Waals surface area (Å²) in [6.45, 7) is 17.4. The van der Waals surface area contributed by atoms with Gasteiger partial charge in [-0.25, -0.2) is 0 Å². The highest BCUT2D eigenvalue weighted by atomic mass is 16.5. The van der Waals surface area contributed by atoms with Gasteiger partial charge in [-0.05, 0) is 44.4 Å². The van der Waals surface area contributed by atoms with Gasteiger partial charge < -0.3 is 15.4 Å². The molecular weight excluding hydrogens is 681 g/mol. The monoisotopic (exact) mass is 777 g/mol. The van der Waals surface area contributed by atoms with Gasteiger partial charge in [0.05, 0.1) is 6.54 Å². The molecule has 0 saturated heterocycles. The first-order valence-electron chi connectivity index (χ1n) is 24.1. The van der Waals surface area contributed by atoms with Crippen molar-refractivity contribution in [3.8, 4) is 0 Å². The SMILES string of the molecule is CCCCCCCCCCCCCCCCCC(=O)NCC(OC(=O)CCCCCCCCCCCCCCCCC)C(=O)NC(C)(C)C(C)(C)CC(C)C. The Kier molecular flexibility index (Phi) is 34.5. The second-order valence-corrected chi connectivity index (χ2v) is 18.8. The third-order valence-corrected chi connectivity index (χ3v) is 12.1. The predicted octanol–water partition coefficient (Wildman–Crippen LogP) is 14.5. The van der Waals surface area contributed by atoms with Crippen molar-refractivity contribution < 1.29 is 19.1 Å². The molecule has 0 bridgehead atoms. The molecule has 0 spiro atoms. The van der Waals surface area contributed by atoms with Gasteiger partial charge in [-0.3, -0.25) is 14.4 Å². The second-order valence-electron chi connectivity index (χ2n) is 18.8. The quantitative estimate of drug-likeness (QED) is 0.0479. The number of hydrogen-bond acceptors (Lipinski definition) is 4. The lowest BCUT2D eigenvalue weighted by molar-refractivity contribution is -0.157. The van der Waals surface area contributed by atoms with Crippen LogP contribution in [-0.4, -0.2) is 36.0 Å². The number of hydrogen-bond donors (Lipinski definition) is 2. The lowest BCUT2D eigenvalue weighted by atomic mass is 9.69. The van der Waals surface area contributed by atoms with Crippen molar-refractivity contribution in [3.63, 3.8) is 0 Å². The molecule has 0 aromatic rings. The van der Waals surface area contributed by atoms with E-state index in [4.69, 9.17) is 4.74 Å². The van der Waals surface area contributed by atoms with Crippen LogP contribution in [0.15, 0.2) is 0 Å². The minimum absolute atomic E-state index is 0.00862. The molecule has 0 heterocycles. The minimum Gasteiger partial charge on any atom is -0.450 e. The molecule has 6 nitrogen and oxygen atoms in total. The number of amides is 2. The molecule has 0 aliphatic heterocycles. The molecule has 0 radical (unpaired) electrons. The van der Waals surface area contributed by atoms with E-state index in [0.29, 0.717) is 18.8 Å². The number of ether oxygens (including phenoxy) is 1. The van der Waals surface area contributed by atoms with E-state index in [1.807, 2.05) is 13.8 Å². The zero-order valence-electron chi connectivity index (χ0n) is 38.3. The van der Waals surface area contributed by atoms with Crippen molar-refractivity contribution in [1.82, 2.24) is 10.6 Å². The maximum atomic E-state index is 13.6. The predicted molar refractivity (Wildman–Crippen MR) is 237 cm³/mol. The Hall–Kier alpha value is -1.59. The van der Waals surface area contributed by atoms with Crippen LogP contribution in [0.5, 0.6) is 0 Å². The van der Waals surface area contributed by atoms with Crippen molar-refractivity contribution in [2.75, 3.05) is 6.54 Å². The average Bonchev–Trinajstić information content (AvgIpc) is 3.12. The molecule has 55 heavy (non-hydrogen) atoms. The average molecular weight is 777 g/mol. The fourth-order valence-electron chi connectivity index (χ4n) is 7.83. The summed E-state index contributed by atoms with van der Waals surface area (Å²) in [7, 11) is 0. The third kappa shape index (κ3) is 32.1. The second kappa shape index (κ2) is 35.6. The van der Waals surface area contributed by atoms with Crippen LogP contribution in [0.3, 0.4) is 0 Å². The minimum atomic E-state index is -1.04. The fraction of sp³-hybridized carbons (Fsp3) is 0.939. The van der Waals surface area contributed by atoms with Crippen molar-refractivity contribution in [2.24, 2.45) is 11.3 Å². The Morgan fingerprint density at radius 2 is 0.818 bits per heavy atom. The first kappa shape index (κ1) is 53.4. The molecule has 1 unspecified atom stereocenters. The first-order chi connectivity index (χ1) is 26.4. The van der Waals surface area contributed by atoms with E-state index in [-0.39, 0.29) is 29.7 Å². The van der Waals surface area contributed by atoms with E-state index in [0.717, 1.165) is 44.9 Å². The van der Waals surface area contributed by atoms with Gasteiger partial charge in [0, 0.05) is 18.4 Å². The van der Waals surface area contributed by atoms with Gasteiger partial charge >= 0.3 is 5.97 Å². The molecular formula is C49H96N2O4. The van der Waals surface area contributed by atoms with E-state index in [1.54, 1.807) is 0 Å². The highest BCUT2D eigenvalue weighted by Crippen LogP contribution is 2.37. The maximum absolute atomic E-state index is 13.6. The Morgan fingerprint density at radius 3 is 1.16 bits per heavy atom. The molecule has 0 aliphatic rings. The van der Waals surface area contributed by atoms with Crippen molar-refractivity contribution >= 4 is 17.8 Å². The van der Waals surface area contributed by atoms with Crippen LogP contribution in [0.2, 0.25) is 0 Å². The van der Waals surface area contributed by atoms with Crippen LogP contribution in [0, 0.1) is 11.3 Å². The van der Waals surface area contributed by atoms with Gasteiger partial charge in [0.25, 0.3) is 5.91 Å². The summed E-state index contributed by atoms with van der Waals surface area (Å²) in [4.78, 5) is 39.4. The Morgan fingerprint density at radius 1 is 0.491 bits per heavy atom. The van der Waals surface area contributed by atoms with E-state index in [1.165, 1.54) is 154 Å². The third-order valence-electron chi connectivity index (χ3n) is 12.1. The van der Waals surface area contributed by atoms with Crippen LogP contribution in [0.25, 0.3) is 0 Å². The zero-order valence-corrected chi connectivity index (χ0v) is 38.3. The summed E-state index contributed by atoms with van der Waals surface area (Å²) in [5, 5.41) is 6.11. The van der Waals surface area contributed by atoms with Crippen LogP contribution < -0.4 is 10.6 Å². The van der Waals surface area contributed by atoms with E-state index < -0.39 is 11.6 Å². The number of nitrogens with one attached hydrogen (secondary N) is 2. The van der Waals surface area contributed by atoms with Gasteiger partial charge in [0.1, 0.15) is 0 Å². The smallest absolute Gasteiger partial charge is 0.306 e. The van der Waals surface area contributed by atoms with Gasteiger partial charge in [0.2, 0.25) is 5.91 Å². The van der Waals surface area contributed by atoms with Crippen LogP contribution in [-0.2, 0) is 19.1 Å². The topological polar surface area (TPSA) is 84.5 Å². The van der Waals surface area contributed by atoms with E-state index in [2.05, 4.69) is 52.2 Å². The molecule has 0 rings (SSSR count). The Bertz CT molecular complexity index is 915. The zero-order chi connectivity index (χ0) is 41.0. The molecule has 2 amide bonds. The largest absolute Gasteiger partial charge is 0.450 e. The first-order valence-corrected chi connectivity index (χ1v) is 24.1. The number of carbonyl (C=O) groups excluding carboxylic acids is 3. The van der Waals surface area contributed by atoms with Gasteiger partial charge in [0.15, 0.2) is 6.10 Å². The molecule has 2 N–H and O–H groups in total. The van der Waals surface area contributed by atoms with Crippen LogP contribution in [0.4, 0.5) is 0 Å². The van der Waals surface area contributed by atoms with Gasteiger partial charge in [-0.2, -0.15) is 0 Å². The number of esters is 1. The van der Waals surface area contributed by atoms with Crippen LogP contribution >= 0.6 is 0 Å². The van der Waals surface area contributed by atoms with Gasteiger partial charge in [-0.1, -0.05) is 221 Å². The highest BCUT2D eigenvalue weighted by molar-refractivity contribution is 5.85. The summed E-state index contributed by atoms with van der Waals surface area (Å²) in [5.41, 5.74) is -0.693. The summed E-state index contributed by atoms with van der Waals surface area (Å²) in [6.07, 6.45) is 39.0. The molecule has 0 aromatic heterocycles. The Balaban J connectivity index is 4.51. The molecule has 6 heteroatoms. The molecule has 1 atom stereocenters. The Labute approximate surface area is 343 Å². The molecule has 0 saturated carbocycles. The number of rotatable bonds is 40. The molecule has 0 aliphatic carbocycles. The summed E-state index contributed by atoms with van der Waals surface area (Å²) >= 11 is 0. The fourth-order valence-corrected chi connectivity index (χ4v) is 7.83. The van der Waals surface area contributed by atoms with Crippen molar-refractivity contribution in [2.45, 2.75) is 279 Å². The number of unbranched alkanes of at least 4 members (excludes halogenated alkanes) is 28. The lowest BCUT2D eigenvalue weighted by Crippen LogP contribution is -2.58. The molecule has 0 aromatic carbocycles. The van der Waals surface area contributed by atoms with E-state index in [9.17, 15) is 14.4 Å². The molecule has 0 fully saturated rings. The van der Waals surface area contributed by atoms with E-state index >= 15 is 0 Å². The van der Waals surface area contributed by atoms with Crippen molar-refractivity contribution in [1.29, 1.82) is 0 Å². The highest BCUT2D eigenvalue weighted by Gasteiger charge is 2.40. The maximum Gasteiger partial charge on any atom is 0.306 e. The standard InChI is InChI=1S/C49H96N2O4/c1-9-11-13-15-17-19-21-23-25-27-29-31-33-35-37-39-45(52)50-42-44(47(54)51-49(7,8)48(5,6)41-43(3)4)55-46(53)40-38-36-34-32-30-28-26-24-22-20-18-16-14-12-10-2/h43-44H,9-42H2,1-8H3,(H,50,52)(H,51,54). The lowest BCUT2D eigenvalue weighted by Gasteiger charge is -2.44. The summed E-state index contributed by atoms with van der Waals surface area (Å²) in [6, 6.07) is 0.